The molecule has 0 radical (unpaired) electrons. The number of hydrogen-bond donors (Lipinski definition) is 4. The van der Waals surface area contributed by atoms with Gasteiger partial charge >= 0.3 is 0 Å². The molecule has 2 heterocycles. The molecule has 1 aromatic carbocycles. The molecule has 29 heavy (non-hydrogen) atoms. The maximum atomic E-state index is 11.9. The number of aliphatic imine (C=N–C) groups is 1. The molecule has 1 amide bonds. The molecule has 0 fully saturated rings. The second-order valence-corrected chi connectivity index (χ2v) is 7.20. The Morgan fingerprint density at radius 3 is 2.69 bits per heavy atom. The van der Waals surface area contributed by atoms with E-state index in [1.807, 2.05) is 30.3 Å². The van der Waals surface area contributed by atoms with Gasteiger partial charge in [-0.05, 0) is 29.7 Å². The van der Waals surface area contributed by atoms with Gasteiger partial charge in [0.25, 0.3) is 5.91 Å². The Balaban J connectivity index is 0.00000300. The fourth-order valence-corrected chi connectivity index (χ4v) is 3.69. The van der Waals surface area contributed by atoms with Gasteiger partial charge in [0.15, 0.2) is 5.96 Å². The summed E-state index contributed by atoms with van der Waals surface area (Å²) in [6.07, 6.45) is 2.53. The van der Waals surface area contributed by atoms with Crippen molar-refractivity contribution in [2.45, 2.75) is 6.10 Å². The summed E-state index contributed by atoms with van der Waals surface area (Å²) in [5.74, 6) is 0.397. The maximum Gasteiger partial charge on any atom is 0.252 e. The molecule has 0 saturated heterocycles. The Morgan fingerprint density at radius 2 is 1.97 bits per heavy atom. The van der Waals surface area contributed by atoms with Gasteiger partial charge in [0.05, 0.1) is 5.56 Å². The van der Waals surface area contributed by atoms with Gasteiger partial charge in [0, 0.05) is 48.7 Å². The number of fused-ring (bicyclic) bond motifs is 1. The minimum Gasteiger partial charge on any atom is -0.386 e. The van der Waals surface area contributed by atoms with Gasteiger partial charge in [-0.2, -0.15) is 0 Å². The first-order chi connectivity index (χ1) is 13.7. The van der Waals surface area contributed by atoms with E-state index in [1.54, 1.807) is 36.7 Å². The van der Waals surface area contributed by atoms with Crippen LogP contribution in [0.4, 0.5) is 0 Å². The van der Waals surface area contributed by atoms with Crippen molar-refractivity contribution in [3.63, 3.8) is 0 Å². The highest BCUT2D eigenvalue weighted by Gasteiger charge is 2.12. The van der Waals surface area contributed by atoms with Gasteiger partial charge in [-0.25, -0.2) is 0 Å². The lowest BCUT2D eigenvalue weighted by atomic mass is 10.2. The molecule has 0 aliphatic rings. The fraction of sp³-hybridized carbons (Fsp3) is 0.250. The predicted octanol–water partition coefficient (Wildman–Crippen LogP) is 2.54. The molecular formula is C20H24IN5O2S. The van der Waals surface area contributed by atoms with Crippen LogP contribution < -0.4 is 16.0 Å². The Morgan fingerprint density at radius 1 is 1.17 bits per heavy atom. The van der Waals surface area contributed by atoms with Crippen molar-refractivity contribution in [1.82, 2.24) is 20.9 Å². The molecule has 2 aromatic heterocycles. The molecule has 0 aliphatic carbocycles. The number of halogens is 1. The highest BCUT2D eigenvalue weighted by Crippen LogP contribution is 2.29. The molecule has 3 aromatic rings. The lowest BCUT2D eigenvalue weighted by Gasteiger charge is -2.14. The van der Waals surface area contributed by atoms with Crippen molar-refractivity contribution in [2.75, 3.05) is 26.7 Å². The predicted molar refractivity (Wildman–Crippen MR) is 128 cm³/mol. The van der Waals surface area contributed by atoms with Crippen LogP contribution in [0.2, 0.25) is 0 Å². The highest BCUT2D eigenvalue weighted by molar-refractivity contribution is 14.0. The van der Waals surface area contributed by atoms with E-state index >= 15 is 0 Å². The number of aliphatic hydroxyl groups is 1. The van der Waals surface area contributed by atoms with Crippen molar-refractivity contribution < 1.29 is 9.90 Å². The number of amides is 1. The number of guanidine groups is 1. The maximum absolute atomic E-state index is 11.9. The van der Waals surface area contributed by atoms with E-state index in [2.05, 4.69) is 25.9 Å². The van der Waals surface area contributed by atoms with Crippen LogP contribution in [0.3, 0.4) is 0 Å². The number of benzene rings is 1. The number of hydrogen-bond acceptors (Lipinski definition) is 5. The zero-order chi connectivity index (χ0) is 19.8. The topological polar surface area (TPSA) is 98.6 Å². The Hall–Kier alpha value is -2.24. The van der Waals surface area contributed by atoms with Gasteiger partial charge in [-0.3, -0.25) is 14.8 Å². The third-order valence-electron chi connectivity index (χ3n) is 4.09. The molecule has 154 valence electrons. The minimum atomic E-state index is -0.624. The van der Waals surface area contributed by atoms with Crippen molar-refractivity contribution in [3.8, 4) is 0 Å². The number of pyridine rings is 1. The normalized spacial score (nSPS) is 12.1. The smallest absolute Gasteiger partial charge is 0.252 e. The fourth-order valence-electron chi connectivity index (χ4n) is 2.64. The van der Waals surface area contributed by atoms with E-state index in [-0.39, 0.29) is 29.9 Å². The number of carbonyl (C=O) groups is 1. The molecular weight excluding hydrogens is 501 g/mol. The standard InChI is InChI=1S/C20H23N5O2S.HI/c1-21-20(24-10-9-23-19(27)15-6-4-8-22-12-15)25-13-16(26)18-11-14-5-2-3-7-17(14)28-18;/h2-8,11-12,16,26H,9-10,13H2,1H3,(H,23,27)(H2,21,24,25);1H. The Labute approximate surface area is 190 Å². The van der Waals surface area contributed by atoms with Crippen molar-refractivity contribution >= 4 is 57.3 Å². The third kappa shape index (κ3) is 6.65. The first-order valence-electron chi connectivity index (χ1n) is 8.96. The van der Waals surface area contributed by atoms with Crippen LogP contribution in [-0.2, 0) is 0 Å². The SMILES string of the molecule is CN=C(NCCNC(=O)c1cccnc1)NCC(O)c1cc2ccccc2s1.I. The molecule has 0 saturated carbocycles. The summed E-state index contributed by atoms with van der Waals surface area (Å²) in [5.41, 5.74) is 0.525. The van der Waals surface area contributed by atoms with Gasteiger partial charge in [0.2, 0.25) is 0 Å². The molecule has 0 spiro atoms. The quantitative estimate of drug-likeness (QED) is 0.165. The Bertz CT molecular complexity index is 915. The van der Waals surface area contributed by atoms with Crippen LogP contribution in [0.15, 0.2) is 59.9 Å². The molecule has 3 rings (SSSR count). The minimum absolute atomic E-state index is 0. The second-order valence-electron chi connectivity index (χ2n) is 6.08. The van der Waals surface area contributed by atoms with E-state index < -0.39 is 6.10 Å². The van der Waals surface area contributed by atoms with Gasteiger partial charge in [-0.15, -0.1) is 35.3 Å². The van der Waals surface area contributed by atoms with Crippen LogP contribution in [0.25, 0.3) is 10.1 Å². The average Bonchev–Trinajstić information content (AvgIpc) is 3.18. The van der Waals surface area contributed by atoms with Crippen molar-refractivity contribution in [3.05, 3.63) is 65.3 Å². The zero-order valence-corrected chi connectivity index (χ0v) is 19.1. The molecule has 1 atom stereocenters. The van der Waals surface area contributed by atoms with E-state index in [0.29, 0.717) is 31.2 Å². The zero-order valence-electron chi connectivity index (χ0n) is 16.0. The molecule has 1 unspecified atom stereocenters. The molecule has 0 bridgehead atoms. The Kier molecular flexibility index (Phi) is 9.29. The van der Waals surface area contributed by atoms with Crippen LogP contribution in [0, 0.1) is 0 Å². The van der Waals surface area contributed by atoms with Crippen molar-refractivity contribution in [2.24, 2.45) is 4.99 Å². The van der Waals surface area contributed by atoms with Crippen LogP contribution in [-0.4, -0.2) is 48.6 Å². The largest absolute Gasteiger partial charge is 0.386 e. The third-order valence-corrected chi connectivity index (χ3v) is 5.30. The van der Waals surface area contributed by atoms with E-state index in [1.165, 1.54) is 6.20 Å². The van der Waals surface area contributed by atoms with E-state index in [0.717, 1.165) is 15.0 Å². The summed E-state index contributed by atoms with van der Waals surface area (Å²) >= 11 is 1.58. The number of nitrogens with one attached hydrogen (secondary N) is 3. The first kappa shape index (κ1) is 23.0. The van der Waals surface area contributed by atoms with E-state index in [9.17, 15) is 9.90 Å². The van der Waals surface area contributed by atoms with Crippen LogP contribution in [0.5, 0.6) is 0 Å². The van der Waals surface area contributed by atoms with E-state index in [4.69, 9.17) is 0 Å². The van der Waals surface area contributed by atoms with Crippen LogP contribution >= 0.6 is 35.3 Å². The lowest BCUT2D eigenvalue weighted by molar-refractivity contribution is 0.0954. The summed E-state index contributed by atoms with van der Waals surface area (Å²) in [6.45, 7) is 1.28. The summed E-state index contributed by atoms with van der Waals surface area (Å²) in [5, 5.41) is 20.6. The second kappa shape index (κ2) is 11.7. The van der Waals surface area contributed by atoms with Crippen LogP contribution in [0.1, 0.15) is 21.3 Å². The van der Waals surface area contributed by atoms with Gasteiger partial charge in [0.1, 0.15) is 6.10 Å². The summed E-state index contributed by atoms with van der Waals surface area (Å²) in [6, 6.07) is 13.5. The number of aromatic nitrogens is 1. The van der Waals surface area contributed by atoms with Gasteiger partial charge < -0.3 is 21.1 Å². The number of thiophene rings is 1. The number of aliphatic hydroxyl groups excluding tert-OH is 1. The number of nitrogens with zero attached hydrogens (tertiary/aromatic N) is 2. The summed E-state index contributed by atoms with van der Waals surface area (Å²) in [4.78, 5) is 20.9. The molecule has 7 nitrogen and oxygen atoms in total. The van der Waals surface area contributed by atoms with Gasteiger partial charge in [-0.1, -0.05) is 18.2 Å². The first-order valence-corrected chi connectivity index (χ1v) is 9.78. The number of carbonyl (C=O) groups excluding carboxylic acids is 1. The summed E-state index contributed by atoms with van der Waals surface area (Å²) < 4.78 is 1.16. The monoisotopic (exact) mass is 525 g/mol. The highest BCUT2D eigenvalue weighted by atomic mass is 127. The van der Waals surface area contributed by atoms with Crippen molar-refractivity contribution in [1.29, 1.82) is 0 Å². The number of rotatable bonds is 7. The molecule has 9 heteroatoms. The molecule has 4 N–H and O–H groups in total. The summed E-state index contributed by atoms with van der Waals surface area (Å²) in [7, 11) is 1.66. The molecule has 0 aliphatic heterocycles. The lowest BCUT2D eigenvalue weighted by Crippen LogP contribution is -2.42. The average molecular weight is 525 g/mol.